The van der Waals surface area contributed by atoms with Gasteiger partial charge in [-0.25, -0.2) is 0 Å². The Labute approximate surface area is 126 Å². The summed E-state index contributed by atoms with van der Waals surface area (Å²) in [6.07, 6.45) is 2.90. The molecule has 0 radical (unpaired) electrons. The largest absolute Gasteiger partial charge is 0.497 e. The summed E-state index contributed by atoms with van der Waals surface area (Å²) >= 11 is 6.47. The summed E-state index contributed by atoms with van der Waals surface area (Å²) in [5, 5.41) is 0.154. The number of aryl methyl sites for hydroxylation is 2. The maximum Gasteiger partial charge on any atom is 0.119 e. The number of hydrogen-bond donors (Lipinski definition) is 0. The van der Waals surface area contributed by atoms with Gasteiger partial charge in [-0.1, -0.05) is 36.4 Å². The molecule has 106 valence electrons. The number of halogens is 1. The summed E-state index contributed by atoms with van der Waals surface area (Å²) in [5.74, 6) is 0.894. The minimum Gasteiger partial charge on any atom is -0.497 e. The second-order valence-corrected chi connectivity index (χ2v) is 5.74. The van der Waals surface area contributed by atoms with Crippen molar-refractivity contribution < 1.29 is 4.74 Å². The van der Waals surface area contributed by atoms with E-state index >= 15 is 0 Å². The molecule has 1 atom stereocenters. The van der Waals surface area contributed by atoms with Crippen LogP contribution >= 0.6 is 11.6 Å². The first-order valence-electron chi connectivity index (χ1n) is 7.00. The first-order valence-corrected chi connectivity index (χ1v) is 7.44. The van der Waals surface area contributed by atoms with Crippen LogP contribution in [0.5, 0.6) is 5.75 Å². The molecule has 20 heavy (non-hydrogen) atoms. The van der Waals surface area contributed by atoms with Crippen LogP contribution in [0.15, 0.2) is 48.5 Å². The molecular formula is C18H21ClO. The lowest BCUT2D eigenvalue weighted by molar-refractivity contribution is 0.414. The molecule has 2 aromatic rings. The van der Waals surface area contributed by atoms with E-state index in [1.165, 1.54) is 16.7 Å². The molecule has 1 nitrogen and oxygen atoms in total. The molecule has 0 heterocycles. The summed E-state index contributed by atoms with van der Waals surface area (Å²) in [6.45, 7) is 2.15. The summed E-state index contributed by atoms with van der Waals surface area (Å²) in [5.41, 5.74) is 3.97. The highest BCUT2D eigenvalue weighted by Gasteiger charge is 2.08. The maximum absolute atomic E-state index is 6.47. The molecule has 2 heteroatoms. The highest BCUT2D eigenvalue weighted by Crippen LogP contribution is 2.19. The minimum atomic E-state index is 0.154. The van der Waals surface area contributed by atoms with E-state index < -0.39 is 0 Å². The quantitative estimate of drug-likeness (QED) is 0.695. The van der Waals surface area contributed by atoms with Gasteiger partial charge < -0.3 is 4.74 Å². The Bertz CT molecular complexity index is 551. The number of ether oxygens (including phenoxy) is 1. The van der Waals surface area contributed by atoms with Gasteiger partial charge in [-0.05, 0) is 55.0 Å². The monoisotopic (exact) mass is 288 g/mol. The lowest BCUT2D eigenvalue weighted by Gasteiger charge is -2.11. The third kappa shape index (κ3) is 4.28. The highest BCUT2D eigenvalue weighted by atomic mass is 35.5. The molecule has 2 rings (SSSR count). The van der Waals surface area contributed by atoms with E-state index in [4.69, 9.17) is 16.3 Å². The van der Waals surface area contributed by atoms with E-state index in [1.54, 1.807) is 7.11 Å². The van der Waals surface area contributed by atoms with Crippen molar-refractivity contribution in [3.63, 3.8) is 0 Å². The van der Waals surface area contributed by atoms with Crippen LogP contribution in [0.3, 0.4) is 0 Å². The molecular weight excluding hydrogens is 268 g/mol. The number of alkyl halides is 1. The minimum absolute atomic E-state index is 0.154. The maximum atomic E-state index is 6.47. The molecule has 0 aliphatic heterocycles. The zero-order valence-corrected chi connectivity index (χ0v) is 12.9. The van der Waals surface area contributed by atoms with Crippen molar-refractivity contribution in [3.05, 3.63) is 65.2 Å². The molecule has 0 aliphatic carbocycles. The SMILES string of the molecule is COc1cccc(CC(Cl)CCc2ccccc2C)c1. The zero-order valence-electron chi connectivity index (χ0n) is 12.1. The second kappa shape index (κ2) is 7.35. The van der Waals surface area contributed by atoms with Crippen molar-refractivity contribution in [2.45, 2.75) is 31.6 Å². The average Bonchev–Trinajstić information content (AvgIpc) is 2.46. The molecule has 0 N–H and O–H groups in total. The summed E-state index contributed by atoms with van der Waals surface area (Å²) in [4.78, 5) is 0. The Morgan fingerprint density at radius 3 is 2.65 bits per heavy atom. The Kier molecular flexibility index (Phi) is 5.49. The summed E-state index contributed by atoms with van der Waals surface area (Å²) < 4.78 is 5.24. The molecule has 0 fully saturated rings. The van der Waals surface area contributed by atoms with Crippen LogP contribution in [0.1, 0.15) is 23.1 Å². The Morgan fingerprint density at radius 1 is 1.10 bits per heavy atom. The van der Waals surface area contributed by atoms with Gasteiger partial charge in [-0.15, -0.1) is 11.6 Å². The number of methoxy groups -OCH3 is 1. The van der Waals surface area contributed by atoms with E-state index in [-0.39, 0.29) is 5.38 Å². The van der Waals surface area contributed by atoms with E-state index in [0.717, 1.165) is 25.0 Å². The standard InChI is InChI=1S/C18H21ClO/c1-14-6-3-4-8-16(14)10-11-17(19)12-15-7-5-9-18(13-15)20-2/h3-9,13,17H,10-12H2,1-2H3. The fourth-order valence-electron chi connectivity index (χ4n) is 2.36. The first-order chi connectivity index (χ1) is 9.69. The average molecular weight is 289 g/mol. The van der Waals surface area contributed by atoms with Gasteiger partial charge in [0.05, 0.1) is 7.11 Å². The van der Waals surface area contributed by atoms with E-state index in [2.05, 4.69) is 43.3 Å². The summed E-state index contributed by atoms with van der Waals surface area (Å²) in [7, 11) is 1.69. The molecule has 0 aliphatic rings. The Balaban J connectivity index is 1.89. The van der Waals surface area contributed by atoms with Gasteiger partial charge in [0.1, 0.15) is 5.75 Å². The molecule has 2 aromatic carbocycles. The van der Waals surface area contributed by atoms with Crippen LogP contribution in [-0.4, -0.2) is 12.5 Å². The van der Waals surface area contributed by atoms with Gasteiger partial charge in [0, 0.05) is 5.38 Å². The van der Waals surface area contributed by atoms with Gasteiger partial charge >= 0.3 is 0 Å². The zero-order chi connectivity index (χ0) is 14.4. The van der Waals surface area contributed by atoms with E-state index in [9.17, 15) is 0 Å². The van der Waals surface area contributed by atoms with Gasteiger partial charge in [0.25, 0.3) is 0 Å². The van der Waals surface area contributed by atoms with Crippen LogP contribution in [-0.2, 0) is 12.8 Å². The predicted molar refractivity (Wildman–Crippen MR) is 85.8 cm³/mol. The van der Waals surface area contributed by atoms with E-state index in [0.29, 0.717) is 0 Å². The highest BCUT2D eigenvalue weighted by molar-refractivity contribution is 6.20. The lowest BCUT2D eigenvalue weighted by atomic mass is 10.0. The van der Waals surface area contributed by atoms with Gasteiger partial charge in [0.15, 0.2) is 0 Å². The van der Waals surface area contributed by atoms with Crippen molar-refractivity contribution in [2.75, 3.05) is 7.11 Å². The molecule has 0 saturated carbocycles. The smallest absolute Gasteiger partial charge is 0.119 e. The van der Waals surface area contributed by atoms with Crippen molar-refractivity contribution >= 4 is 11.6 Å². The van der Waals surface area contributed by atoms with Crippen LogP contribution in [0, 0.1) is 6.92 Å². The number of rotatable bonds is 6. The molecule has 0 saturated heterocycles. The fourth-order valence-corrected chi connectivity index (χ4v) is 2.65. The Morgan fingerprint density at radius 2 is 1.90 bits per heavy atom. The molecule has 0 aromatic heterocycles. The van der Waals surface area contributed by atoms with Crippen LogP contribution in [0.2, 0.25) is 0 Å². The normalized spacial score (nSPS) is 12.2. The van der Waals surface area contributed by atoms with Gasteiger partial charge in [-0.3, -0.25) is 0 Å². The Hall–Kier alpha value is -1.47. The summed E-state index contributed by atoms with van der Waals surface area (Å²) in [6, 6.07) is 16.6. The van der Waals surface area contributed by atoms with E-state index in [1.807, 2.05) is 12.1 Å². The van der Waals surface area contributed by atoms with Crippen molar-refractivity contribution in [1.29, 1.82) is 0 Å². The number of hydrogen-bond acceptors (Lipinski definition) is 1. The third-order valence-electron chi connectivity index (χ3n) is 3.58. The lowest BCUT2D eigenvalue weighted by Crippen LogP contribution is -2.06. The molecule has 0 bridgehead atoms. The number of benzene rings is 2. The fraction of sp³-hybridized carbons (Fsp3) is 0.333. The van der Waals surface area contributed by atoms with Crippen molar-refractivity contribution in [2.24, 2.45) is 0 Å². The van der Waals surface area contributed by atoms with Crippen LogP contribution in [0.4, 0.5) is 0 Å². The topological polar surface area (TPSA) is 9.23 Å². The molecule has 0 spiro atoms. The van der Waals surface area contributed by atoms with Crippen molar-refractivity contribution in [1.82, 2.24) is 0 Å². The first kappa shape index (κ1) is 14.9. The van der Waals surface area contributed by atoms with Gasteiger partial charge in [-0.2, -0.15) is 0 Å². The van der Waals surface area contributed by atoms with Gasteiger partial charge in [0.2, 0.25) is 0 Å². The van der Waals surface area contributed by atoms with Crippen LogP contribution in [0.25, 0.3) is 0 Å². The van der Waals surface area contributed by atoms with Crippen LogP contribution < -0.4 is 4.74 Å². The third-order valence-corrected chi connectivity index (χ3v) is 3.95. The molecule has 1 unspecified atom stereocenters. The predicted octanol–water partition coefficient (Wildman–Crippen LogP) is 4.79. The van der Waals surface area contributed by atoms with Crippen molar-refractivity contribution in [3.8, 4) is 5.75 Å². The molecule has 0 amide bonds. The second-order valence-electron chi connectivity index (χ2n) is 5.12.